The maximum Gasteiger partial charge on any atom is 0.222 e. The zero-order valence-electron chi connectivity index (χ0n) is 13.4. The standard InChI is InChI=1S/C18H18N4OS/c1-11-2-4-12(5-3-11)14-9-24-18-15(14)17(20-10-21-18)22-7-6-13(8-22)16(19)23/h2-5,9-10,13H,6-8H2,1H3,(H2,19,23). The molecule has 3 heterocycles. The number of hydrogen-bond donors (Lipinski definition) is 1. The predicted octanol–water partition coefficient (Wildman–Crippen LogP) is 2.98. The minimum absolute atomic E-state index is 0.100. The maximum absolute atomic E-state index is 11.5. The van der Waals surface area contributed by atoms with Crippen LogP contribution in [0.2, 0.25) is 0 Å². The quantitative estimate of drug-likeness (QED) is 0.797. The molecule has 1 fully saturated rings. The van der Waals surface area contributed by atoms with Gasteiger partial charge in [-0.1, -0.05) is 29.8 Å². The summed E-state index contributed by atoms with van der Waals surface area (Å²) in [5, 5.41) is 3.20. The summed E-state index contributed by atoms with van der Waals surface area (Å²) in [7, 11) is 0. The normalized spacial score (nSPS) is 17.5. The van der Waals surface area contributed by atoms with Gasteiger partial charge in [-0.2, -0.15) is 0 Å². The van der Waals surface area contributed by atoms with Crippen LogP contribution >= 0.6 is 11.3 Å². The lowest BCUT2D eigenvalue weighted by molar-refractivity contribution is -0.121. The zero-order chi connectivity index (χ0) is 16.7. The first-order chi connectivity index (χ1) is 11.6. The van der Waals surface area contributed by atoms with Crippen LogP contribution in [0.1, 0.15) is 12.0 Å². The van der Waals surface area contributed by atoms with Gasteiger partial charge in [-0.25, -0.2) is 9.97 Å². The molecule has 1 saturated heterocycles. The third-order valence-corrected chi connectivity index (χ3v) is 5.49. The maximum atomic E-state index is 11.5. The summed E-state index contributed by atoms with van der Waals surface area (Å²) >= 11 is 1.62. The number of rotatable bonds is 3. The Labute approximate surface area is 144 Å². The number of primary amides is 1. The molecule has 2 aromatic heterocycles. The van der Waals surface area contributed by atoms with Gasteiger partial charge in [-0.05, 0) is 18.9 Å². The highest BCUT2D eigenvalue weighted by atomic mass is 32.1. The Bertz CT molecular complexity index is 903. The number of carbonyl (C=O) groups is 1. The molecule has 0 radical (unpaired) electrons. The number of hydrogen-bond acceptors (Lipinski definition) is 5. The fraction of sp³-hybridized carbons (Fsp3) is 0.278. The third-order valence-electron chi connectivity index (χ3n) is 4.60. The summed E-state index contributed by atoms with van der Waals surface area (Å²) in [5.41, 5.74) is 9.01. The van der Waals surface area contributed by atoms with E-state index in [0.29, 0.717) is 6.54 Å². The number of anilines is 1. The van der Waals surface area contributed by atoms with Gasteiger partial charge in [-0.3, -0.25) is 4.79 Å². The SMILES string of the molecule is Cc1ccc(-c2csc3ncnc(N4CCC(C(N)=O)C4)c23)cc1. The van der Waals surface area contributed by atoms with E-state index in [-0.39, 0.29) is 11.8 Å². The number of thiophene rings is 1. The van der Waals surface area contributed by atoms with Crippen LogP contribution in [0.4, 0.5) is 5.82 Å². The van der Waals surface area contributed by atoms with Crippen molar-refractivity contribution in [2.75, 3.05) is 18.0 Å². The van der Waals surface area contributed by atoms with Crippen LogP contribution in [0, 0.1) is 12.8 Å². The average Bonchev–Trinajstić information content (AvgIpc) is 3.22. The van der Waals surface area contributed by atoms with E-state index in [9.17, 15) is 4.79 Å². The average molecular weight is 338 g/mol. The Hall–Kier alpha value is -2.47. The highest BCUT2D eigenvalue weighted by molar-refractivity contribution is 7.17. The molecule has 4 rings (SSSR count). The first-order valence-electron chi connectivity index (χ1n) is 7.97. The molecule has 0 aliphatic carbocycles. The molecule has 0 bridgehead atoms. The lowest BCUT2D eigenvalue weighted by atomic mass is 10.0. The van der Waals surface area contributed by atoms with Gasteiger partial charge < -0.3 is 10.6 Å². The van der Waals surface area contributed by atoms with Crippen molar-refractivity contribution in [1.29, 1.82) is 0 Å². The third kappa shape index (κ3) is 2.53. The summed E-state index contributed by atoms with van der Waals surface area (Å²) < 4.78 is 0. The van der Waals surface area contributed by atoms with Crippen molar-refractivity contribution in [3.63, 3.8) is 0 Å². The van der Waals surface area contributed by atoms with Crippen molar-refractivity contribution in [3.05, 3.63) is 41.5 Å². The van der Waals surface area contributed by atoms with Gasteiger partial charge in [0.25, 0.3) is 0 Å². The second-order valence-electron chi connectivity index (χ2n) is 6.23. The van der Waals surface area contributed by atoms with Crippen molar-refractivity contribution in [1.82, 2.24) is 9.97 Å². The van der Waals surface area contributed by atoms with Crippen LogP contribution in [0.15, 0.2) is 36.0 Å². The van der Waals surface area contributed by atoms with Crippen molar-refractivity contribution >= 4 is 33.3 Å². The molecule has 1 unspecified atom stereocenters. The van der Waals surface area contributed by atoms with E-state index >= 15 is 0 Å². The fourth-order valence-electron chi connectivity index (χ4n) is 3.23. The van der Waals surface area contributed by atoms with Crippen LogP contribution in [0.5, 0.6) is 0 Å². The Morgan fingerprint density at radius 3 is 2.79 bits per heavy atom. The summed E-state index contributed by atoms with van der Waals surface area (Å²) in [6.45, 7) is 3.51. The molecule has 122 valence electrons. The van der Waals surface area contributed by atoms with E-state index in [1.807, 2.05) is 0 Å². The summed E-state index contributed by atoms with van der Waals surface area (Å²) in [6.07, 6.45) is 2.38. The number of aryl methyl sites for hydroxylation is 1. The molecule has 0 saturated carbocycles. The zero-order valence-corrected chi connectivity index (χ0v) is 14.2. The minimum atomic E-state index is -0.230. The van der Waals surface area contributed by atoms with Gasteiger partial charge in [0.1, 0.15) is 17.0 Å². The molecule has 1 aromatic carbocycles. The van der Waals surface area contributed by atoms with E-state index in [4.69, 9.17) is 5.73 Å². The summed E-state index contributed by atoms with van der Waals surface area (Å²) in [5.74, 6) is 0.573. The van der Waals surface area contributed by atoms with Crippen molar-refractivity contribution in [2.45, 2.75) is 13.3 Å². The molecule has 1 aliphatic rings. The molecule has 1 atom stereocenters. The highest BCUT2D eigenvalue weighted by Gasteiger charge is 2.29. The second kappa shape index (κ2) is 5.87. The van der Waals surface area contributed by atoms with E-state index in [0.717, 1.165) is 40.1 Å². The summed E-state index contributed by atoms with van der Waals surface area (Å²) in [4.78, 5) is 23.6. The molecule has 1 amide bonds. The number of nitrogens with zero attached hydrogens (tertiary/aromatic N) is 3. The topological polar surface area (TPSA) is 72.1 Å². The number of fused-ring (bicyclic) bond motifs is 1. The molecule has 0 spiro atoms. The predicted molar refractivity (Wildman–Crippen MR) is 97.1 cm³/mol. The largest absolute Gasteiger partial charge is 0.369 e. The van der Waals surface area contributed by atoms with Crippen molar-refractivity contribution in [2.24, 2.45) is 11.7 Å². The van der Waals surface area contributed by atoms with Crippen LogP contribution in [-0.4, -0.2) is 29.0 Å². The van der Waals surface area contributed by atoms with Gasteiger partial charge in [0, 0.05) is 24.0 Å². The number of nitrogens with two attached hydrogens (primary N) is 1. The molecule has 5 nitrogen and oxygen atoms in total. The Balaban J connectivity index is 1.81. The van der Waals surface area contributed by atoms with E-state index in [1.165, 1.54) is 5.56 Å². The molecular formula is C18H18N4OS. The van der Waals surface area contributed by atoms with Gasteiger partial charge in [0.15, 0.2) is 0 Å². The van der Waals surface area contributed by atoms with Gasteiger partial charge in [-0.15, -0.1) is 11.3 Å². The van der Waals surface area contributed by atoms with Crippen molar-refractivity contribution < 1.29 is 4.79 Å². The first kappa shape index (κ1) is 15.1. The van der Waals surface area contributed by atoms with Gasteiger partial charge in [0.05, 0.1) is 11.3 Å². The van der Waals surface area contributed by atoms with E-state index in [2.05, 4.69) is 51.4 Å². The van der Waals surface area contributed by atoms with Crippen LogP contribution in [-0.2, 0) is 4.79 Å². The first-order valence-corrected chi connectivity index (χ1v) is 8.85. The number of benzene rings is 1. The molecule has 6 heteroatoms. The molecule has 24 heavy (non-hydrogen) atoms. The molecule has 2 N–H and O–H groups in total. The van der Waals surface area contributed by atoms with E-state index < -0.39 is 0 Å². The molecule has 3 aromatic rings. The Morgan fingerprint density at radius 2 is 2.08 bits per heavy atom. The van der Waals surface area contributed by atoms with E-state index in [1.54, 1.807) is 17.7 Å². The van der Waals surface area contributed by atoms with Crippen LogP contribution in [0.3, 0.4) is 0 Å². The smallest absolute Gasteiger partial charge is 0.222 e. The fourth-order valence-corrected chi connectivity index (χ4v) is 4.14. The van der Waals surface area contributed by atoms with Crippen molar-refractivity contribution in [3.8, 4) is 11.1 Å². The number of carbonyl (C=O) groups excluding carboxylic acids is 1. The van der Waals surface area contributed by atoms with Crippen LogP contribution < -0.4 is 10.6 Å². The number of aromatic nitrogens is 2. The monoisotopic (exact) mass is 338 g/mol. The van der Waals surface area contributed by atoms with Gasteiger partial charge >= 0.3 is 0 Å². The van der Waals surface area contributed by atoms with Crippen LogP contribution in [0.25, 0.3) is 21.3 Å². The van der Waals surface area contributed by atoms with Gasteiger partial charge in [0.2, 0.25) is 5.91 Å². The molecular weight excluding hydrogens is 320 g/mol. The summed E-state index contributed by atoms with van der Waals surface area (Å²) in [6, 6.07) is 8.48. The lowest BCUT2D eigenvalue weighted by Crippen LogP contribution is -2.27. The molecule has 1 aliphatic heterocycles. The number of amides is 1. The highest BCUT2D eigenvalue weighted by Crippen LogP contribution is 2.39. The second-order valence-corrected chi connectivity index (χ2v) is 7.08. The Morgan fingerprint density at radius 1 is 1.29 bits per heavy atom. The minimum Gasteiger partial charge on any atom is -0.369 e. The lowest BCUT2D eigenvalue weighted by Gasteiger charge is -2.18. The Kier molecular flexibility index (Phi) is 3.69.